The molecule has 0 saturated heterocycles. The number of hydrogen-bond acceptors (Lipinski definition) is 4. The van der Waals surface area contributed by atoms with Gasteiger partial charge in [0, 0.05) is 5.56 Å². The summed E-state index contributed by atoms with van der Waals surface area (Å²) in [5, 5.41) is 12.7. The van der Waals surface area contributed by atoms with Crippen LogP contribution in [0.1, 0.15) is 26.3 Å². The van der Waals surface area contributed by atoms with Crippen LogP contribution in [0.3, 0.4) is 0 Å². The predicted molar refractivity (Wildman–Crippen MR) is 77.4 cm³/mol. The predicted octanol–water partition coefficient (Wildman–Crippen LogP) is 2.25. The monoisotopic (exact) mass is 281 g/mol. The molecule has 0 fully saturated rings. The average Bonchev–Trinajstić information content (AvgIpc) is 2.43. The highest BCUT2D eigenvalue weighted by molar-refractivity contribution is 5.81. The summed E-state index contributed by atoms with van der Waals surface area (Å²) in [4.78, 5) is 11.7. The lowest BCUT2D eigenvalue weighted by Gasteiger charge is -2.29. The summed E-state index contributed by atoms with van der Waals surface area (Å²) in [6.07, 6.45) is 0. The molecule has 0 aliphatic heterocycles. The lowest BCUT2D eigenvalue weighted by atomic mass is 9.90. The molecule has 5 heteroatoms. The molecular weight excluding hydrogens is 258 g/mol. The highest BCUT2D eigenvalue weighted by Gasteiger charge is 2.37. The molecule has 1 unspecified atom stereocenters. The second-order valence-corrected chi connectivity index (χ2v) is 5.27. The fourth-order valence-electron chi connectivity index (χ4n) is 1.90. The van der Waals surface area contributed by atoms with Gasteiger partial charge in [0.2, 0.25) is 0 Å². The molecule has 0 spiro atoms. The van der Waals surface area contributed by atoms with Crippen LogP contribution in [0.5, 0.6) is 11.5 Å². The zero-order chi connectivity index (χ0) is 15.3. The fraction of sp³-hybridized carbons (Fsp3) is 0.533. The summed E-state index contributed by atoms with van der Waals surface area (Å²) in [5.74, 6) is 0.501. The minimum atomic E-state index is -1.23. The van der Waals surface area contributed by atoms with Crippen LogP contribution in [0.2, 0.25) is 0 Å². The number of benzene rings is 1. The molecule has 0 aromatic heterocycles. The molecule has 20 heavy (non-hydrogen) atoms. The Hall–Kier alpha value is -1.75. The summed E-state index contributed by atoms with van der Waals surface area (Å²) >= 11 is 0. The molecule has 5 nitrogen and oxygen atoms in total. The van der Waals surface area contributed by atoms with Gasteiger partial charge in [0.1, 0.15) is 17.0 Å². The van der Waals surface area contributed by atoms with Crippen molar-refractivity contribution in [1.29, 1.82) is 0 Å². The van der Waals surface area contributed by atoms with Gasteiger partial charge in [-0.15, -0.1) is 0 Å². The first-order valence-corrected chi connectivity index (χ1v) is 6.56. The minimum Gasteiger partial charge on any atom is -0.497 e. The van der Waals surface area contributed by atoms with Crippen molar-refractivity contribution in [3.05, 3.63) is 23.8 Å². The summed E-state index contributed by atoms with van der Waals surface area (Å²) in [6, 6.07) is 5.15. The zero-order valence-corrected chi connectivity index (χ0v) is 12.7. The second-order valence-electron chi connectivity index (χ2n) is 5.27. The molecule has 2 N–H and O–H groups in total. The third kappa shape index (κ3) is 3.42. The van der Waals surface area contributed by atoms with Crippen molar-refractivity contribution in [1.82, 2.24) is 5.32 Å². The number of ether oxygens (including phenoxy) is 2. The number of rotatable bonds is 7. The Bertz CT molecular complexity index is 473. The van der Waals surface area contributed by atoms with E-state index in [9.17, 15) is 9.90 Å². The summed E-state index contributed by atoms with van der Waals surface area (Å²) in [5.41, 5.74) is -0.683. The molecular formula is C15H23NO4. The van der Waals surface area contributed by atoms with Crippen LogP contribution in [0.25, 0.3) is 0 Å². The summed E-state index contributed by atoms with van der Waals surface area (Å²) < 4.78 is 10.5. The van der Waals surface area contributed by atoms with E-state index >= 15 is 0 Å². The number of methoxy groups -OCH3 is 2. The Morgan fingerprint density at radius 1 is 1.35 bits per heavy atom. The topological polar surface area (TPSA) is 67.8 Å². The molecule has 0 heterocycles. The van der Waals surface area contributed by atoms with Gasteiger partial charge in [-0.1, -0.05) is 13.8 Å². The van der Waals surface area contributed by atoms with Gasteiger partial charge in [-0.2, -0.15) is 0 Å². The molecule has 1 aromatic rings. The van der Waals surface area contributed by atoms with E-state index in [4.69, 9.17) is 9.47 Å². The SMILES string of the molecule is COc1ccc(OC)c(C(C)(NCC(C)C)C(=O)O)c1. The van der Waals surface area contributed by atoms with E-state index in [0.717, 1.165) is 0 Å². The Morgan fingerprint density at radius 3 is 2.45 bits per heavy atom. The summed E-state index contributed by atoms with van der Waals surface area (Å²) in [7, 11) is 3.07. The molecule has 0 amide bonds. The second kappa shape index (κ2) is 6.61. The standard InChI is InChI=1S/C15H23NO4/c1-10(2)9-16-15(3,14(17)18)12-8-11(19-4)6-7-13(12)20-5/h6-8,10,16H,9H2,1-5H3,(H,17,18). The molecule has 0 radical (unpaired) electrons. The van der Waals surface area contributed by atoms with Gasteiger partial charge in [-0.05, 0) is 37.6 Å². The largest absolute Gasteiger partial charge is 0.497 e. The van der Waals surface area contributed by atoms with Gasteiger partial charge in [0.05, 0.1) is 14.2 Å². The van der Waals surface area contributed by atoms with Crippen LogP contribution >= 0.6 is 0 Å². The van der Waals surface area contributed by atoms with E-state index in [1.165, 1.54) is 7.11 Å². The van der Waals surface area contributed by atoms with E-state index in [2.05, 4.69) is 5.32 Å². The Balaban J connectivity index is 3.28. The maximum Gasteiger partial charge on any atom is 0.328 e. The third-order valence-corrected chi connectivity index (χ3v) is 3.24. The number of carbonyl (C=O) groups is 1. The van der Waals surface area contributed by atoms with Crippen LogP contribution in [-0.2, 0) is 10.3 Å². The van der Waals surface area contributed by atoms with E-state index in [-0.39, 0.29) is 0 Å². The van der Waals surface area contributed by atoms with Crippen molar-refractivity contribution in [3.63, 3.8) is 0 Å². The van der Waals surface area contributed by atoms with Crippen molar-refractivity contribution in [2.75, 3.05) is 20.8 Å². The number of aliphatic carboxylic acids is 1. The first-order valence-electron chi connectivity index (χ1n) is 6.56. The van der Waals surface area contributed by atoms with E-state index in [1.54, 1.807) is 32.2 Å². The summed E-state index contributed by atoms with van der Waals surface area (Å²) in [6.45, 7) is 6.27. The zero-order valence-electron chi connectivity index (χ0n) is 12.7. The molecule has 0 saturated carbocycles. The molecule has 0 aliphatic rings. The van der Waals surface area contributed by atoms with E-state index < -0.39 is 11.5 Å². The first-order chi connectivity index (χ1) is 9.35. The number of nitrogens with one attached hydrogen (secondary N) is 1. The van der Waals surface area contributed by atoms with Gasteiger partial charge in [0.15, 0.2) is 0 Å². The number of hydrogen-bond donors (Lipinski definition) is 2. The Labute approximate surface area is 119 Å². The van der Waals surface area contributed by atoms with Crippen LogP contribution in [0.15, 0.2) is 18.2 Å². The molecule has 112 valence electrons. The molecule has 1 aromatic carbocycles. The van der Waals surface area contributed by atoms with Crippen LogP contribution in [0, 0.1) is 5.92 Å². The van der Waals surface area contributed by atoms with Crippen LogP contribution < -0.4 is 14.8 Å². The average molecular weight is 281 g/mol. The van der Waals surface area contributed by atoms with Gasteiger partial charge in [-0.3, -0.25) is 5.32 Å². The van der Waals surface area contributed by atoms with Gasteiger partial charge >= 0.3 is 5.97 Å². The smallest absolute Gasteiger partial charge is 0.328 e. The van der Waals surface area contributed by atoms with Gasteiger partial charge in [0.25, 0.3) is 0 Å². The van der Waals surface area contributed by atoms with Crippen LogP contribution in [-0.4, -0.2) is 31.8 Å². The van der Waals surface area contributed by atoms with E-state index in [0.29, 0.717) is 29.5 Å². The van der Waals surface area contributed by atoms with Gasteiger partial charge < -0.3 is 14.6 Å². The Kier molecular flexibility index (Phi) is 5.39. The quantitative estimate of drug-likeness (QED) is 0.802. The van der Waals surface area contributed by atoms with E-state index in [1.807, 2.05) is 13.8 Å². The highest BCUT2D eigenvalue weighted by Crippen LogP contribution is 2.33. The number of carboxylic acids is 1. The maximum absolute atomic E-state index is 11.7. The normalized spacial score (nSPS) is 13.9. The van der Waals surface area contributed by atoms with Crippen molar-refractivity contribution in [2.45, 2.75) is 26.3 Å². The van der Waals surface area contributed by atoms with Crippen LogP contribution in [0.4, 0.5) is 0 Å². The third-order valence-electron chi connectivity index (χ3n) is 3.24. The lowest BCUT2D eigenvalue weighted by Crippen LogP contribution is -2.48. The van der Waals surface area contributed by atoms with Crippen molar-refractivity contribution >= 4 is 5.97 Å². The minimum absolute atomic E-state index is 0.338. The van der Waals surface area contributed by atoms with Crippen molar-refractivity contribution in [3.8, 4) is 11.5 Å². The first kappa shape index (κ1) is 16.3. The highest BCUT2D eigenvalue weighted by atomic mass is 16.5. The number of carboxylic acid groups (broad SMARTS) is 1. The molecule has 0 aliphatic carbocycles. The maximum atomic E-state index is 11.7. The van der Waals surface area contributed by atoms with Crippen molar-refractivity contribution < 1.29 is 19.4 Å². The van der Waals surface area contributed by atoms with Crippen molar-refractivity contribution in [2.24, 2.45) is 5.92 Å². The molecule has 0 bridgehead atoms. The Morgan fingerprint density at radius 2 is 2.00 bits per heavy atom. The van der Waals surface area contributed by atoms with Gasteiger partial charge in [-0.25, -0.2) is 4.79 Å². The lowest BCUT2D eigenvalue weighted by molar-refractivity contribution is -0.144. The fourth-order valence-corrected chi connectivity index (χ4v) is 1.90. The molecule has 1 rings (SSSR count). The molecule has 1 atom stereocenters.